The Balaban J connectivity index is 0. The lowest BCUT2D eigenvalue weighted by Crippen LogP contribution is -2.68. The predicted molar refractivity (Wildman–Crippen MR) is 58.9 cm³/mol. The van der Waals surface area contributed by atoms with E-state index >= 15 is 0 Å². The molecule has 0 rings (SSSR count). The van der Waals surface area contributed by atoms with Crippen LogP contribution in [0.4, 0.5) is 52.7 Å². The minimum atomic E-state index is -7.54. The van der Waals surface area contributed by atoms with Gasteiger partial charge in [0.1, 0.15) is 0 Å². The van der Waals surface area contributed by atoms with Gasteiger partial charge in [0, 0.05) is 5.57 Å². The fourth-order valence-electron chi connectivity index (χ4n) is 0.834. The van der Waals surface area contributed by atoms with Gasteiger partial charge in [0.05, 0.1) is 0 Å². The van der Waals surface area contributed by atoms with E-state index in [1.807, 2.05) is 0 Å². The smallest absolute Gasteiger partial charge is 0.460 e. The molecule has 0 spiro atoms. The van der Waals surface area contributed by atoms with E-state index < -0.39 is 48.9 Å². The average Bonchev–Trinajstić information content (AvgIpc) is 2.36. The summed E-state index contributed by atoms with van der Waals surface area (Å²) in [5.41, 5.74) is 0.176. The molecule has 0 aromatic heterocycles. The predicted octanol–water partition coefficient (Wildman–Crippen LogP) is 5.10. The van der Waals surface area contributed by atoms with Crippen molar-refractivity contribution in [2.45, 2.75) is 49.9 Å². The number of alkyl halides is 12. The van der Waals surface area contributed by atoms with E-state index in [1.54, 1.807) is 0 Å². The highest BCUT2D eigenvalue weighted by Crippen LogP contribution is 2.58. The Morgan fingerprint density at radius 2 is 1.12 bits per heavy atom. The Morgan fingerprint density at radius 1 is 0.840 bits per heavy atom. The first-order valence-corrected chi connectivity index (χ1v) is 5.69. The van der Waals surface area contributed by atoms with Crippen molar-refractivity contribution in [3.8, 4) is 0 Å². The van der Waals surface area contributed by atoms with Gasteiger partial charge in [0.2, 0.25) is 0 Å². The van der Waals surface area contributed by atoms with Gasteiger partial charge < -0.3 is 5.11 Å². The number of hydrogen-bond donors (Lipinski definition) is 1. The molecular weight excluding hydrogens is 392 g/mol. The molecule has 1 N–H and O–H groups in total. The van der Waals surface area contributed by atoms with E-state index in [-0.39, 0.29) is 5.57 Å². The molecule has 0 saturated heterocycles. The number of rotatable bonds is 5. The molecule has 2 nitrogen and oxygen atoms in total. The van der Waals surface area contributed by atoms with Gasteiger partial charge in [-0.05, 0) is 13.8 Å². The van der Waals surface area contributed by atoms with Gasteiger partial charge >= 0.3 is 35.8 Å². The van der Waals surface area contributed by atoms with Crippen molar-refractivity contribution in [3.05, 3.63) is 12.2 Å². The van der Waals surface area contributed by atoms with Crippen molar-refractivity contribution >= 4 is 5.97 Å². The third-order valence-electron chi connectivity index (χ3n) is 2.43. The van der Waals surface area contributed by atoms with E-state index in [4.69, 9.17) is 5.11 Å². The van der Waals surface area contributed by atoms with Gasteiger partial charge in [-0.15, -0.1) is 0 Å². The molecule has 150 valence electrons. The molecule has 0 bridgehead atoms. The first-order valence-electron chi connectivity index (χ1n) is 5.69. The van der Waals surface area contributed by atoms with Crippen molar-refractivity contribution in [2.75, 3.05) is 0 Å². The van der Waals surface area contributed by atoms with Crippen LogP contribution >= 0.6 is 0 Å². The molecule has 0 aliphatic rings. The quantitative estimate of drug-likeness (QED) is 0.514. The molecule has 0 amide bonds. The van der Waals surface area contributed by atoms with Crippen molar-refractivity contribution < 1.29 is 62.6 Å². The number of carboxylic acids is 1. The summed E-state index contributed by atoms with van der Waals surface area (Å²) in [6.45, 7) is 4.21. The average molecular weight is 402 g/mol. The zero-order valence-corrected chi connectivity index (χ0v) is 12.2. The van der Waals surface area contributed by atoms with Crippen LogP contribution in [0.2, 0.25) is 0 Å². The van der Waals surface area contributed by atoms with Gasteiger partial charge in [-0.3, -0.25) is 0 Å². The molecule has 1 atom stereocenters. The molecule has 14 heteroatoms. The fraction of sp³-hybridized carbons (Fsp3) is 0.727. The summed E-state index contributed by atoms with van der Waals surface area (Å²) in [5.74, 6) is -29.6. The summed E-state index contributed by atoms with van der Waals surface area (Å²) in [7, 11) is 0. The Morgan fingerprint density at radius 3 is 1.28 bits per heavy atom. The highest BCUT2D eigenvalue weighted by atomic mass is 19.4. The number of aliphatic carboxylic acids is 1. The summed E-state index contributed by atoms with van der Waals surface area (Å²) >= 11 is 0. The minimum absolute atomic E-state index is 0.176. The van der Waals surface area contributed by atoms with E-state index in [9.17, 15) is 57.5 Å². The highest BCUT2D eigenvalue weighted by molar-refractivity contribution is 5.84. The van der Waals surface area contributed by atoms with Crippen LogP contribution in [0, 0.1) is 0 Å². The molecule has 25 heavy (non-hydrogen) atoms. The molecule has 0 radical (unpaired) electrons. The second kappa shape index (κ2) is 7.32. The monoisotopic (exact) mass is 402 g/mol. The van der Waals surface area contributed by atoms with Crippen LogP contribution in [-0.2, 0) is 4.79 Å². The van der Waals surface area contributed by atoms with Crippen LogP contribution in [0.1, 0.15) is 13.8 Å². The van der Waals surface area contributed by atoms with Crippen molar-refractivity contribution in [3.63, 3.8) is 0 Å². The normalized spacial score (nSPS) is 15.1. The van der Waals surface area contributed by atoms with Crippen molar-refractivity contribution in [1.82, 2.24) is 0 Å². The molecular formula is C11H10F12O2. The Kier molecular flexibility index (Phi) is 7.49. The summed E-state index contributed by atoms with van der Waals surface area (Å²) < 4.78 is 146. The standard InChI is InChI=1S/C7H4F12.C4H6O2/c1-2(8)3(9,10)4(11,12)5(13,14)6(15,16)7(17,18)19;1-3(2)4(5)6/h2H,1H3;1H2,2H3,(H,5,6). The molecule has 0 aliphatic heterocycles. The lowest BCUT2D eigenvalue weighted by Gasteiger charge is -2.37. The molecule has 0 aliphatic carbocycles. The summed E-state index contributed by atoms with van der Waals surface area (Å²) in [6, 6.07) is 0. The first-order chi connectivity index (χ1) is 10.6. The van der Waals surface area contributed by atoms with E-state index in [1.165, 1.54) is 6.92 Å². The molecule has 0 heterocycles. The van der Waals surface area contributed by atoms with Gasteiger partial charge in [0.15, 0.2) is 6.17 Å². The Labute approximate surface area is 132 Å². The lowest BCUT2D eigenvalue weighted by molar-refractivity contribution is -0.426. The maximum Gasteiger partial charge on any atom is 0.460 e. The van der Waals surface area contributed by atoms with Crippen LogP contribution in [0.15, 0.2) is 12.2 Å². The molecule has 0 aromatic rings. The SMILES string of the molecule is C=C(C)C(=O)O.CC(F)C(F)(F)C(F)(F)C(F)(F)C(F)(F)C(F)(F)F. The first kappa shape index (κ1) is 25.6. The number of hydrogen-bond acceptors (Lipinski definition) is 1. The topological polar surface area (TPSA) is 37.3 Å². The second-order valence-corrected chi connectivity index (χ2v) is 4.55. The van der Waals surface area contributed by atoms with Gasteiger partial charge in [-0.25, -0.2) is 9.18 Å². The number of carboxylic acid groups (broad SMARTS) is 1. The second-order valence-electron chi connectivity index (χ2n) is 4.55. The van der Waals surface area contributed by atoms with Crippen LogP contribution in [-0.4, -0.2) is 47.1 Å². The van der Waals surface area contributed by atoms with Crippen LogP contribution in [0.5, 0.6) is 0 Å². The molecule has 0 aromatic carbocycles. The van der Waals surface area contributed by atoms with Crippen LogP contribution < -0.4 is 0 Å². The molecule has 0 saturated carbocycles. The lowest BCUT2D eigenvalue weighted by atomic mass is 9.96. The van der Waals surface area contributed by atoms with Crippen molar-refractivity contribution in [2.24, 2.45) is 0 Å². The fourth-order valence-corrected chi connectivity index (χ4v) is 0.834. The number of carbonyl (C=O) groups is 1. The van der Waals surface area contributed by atoms with Crippen LogP contribution in [0.3, 0.4) is 0 Å². The molecule has 1 unspecified atom stereocenters. The maximum atomic E-state index is 12.5. The zero-order valence-electron chi connectivity index (χ0n) is 12.2. The zero-order chi connectivity index (χ0) is 21.2. The van der Waals surface area contributed by atoms with Gasteiger partial charge in [-0.1, -0.05) is 6.58 Å². The molecule has 0 fully saturated rings. The van der Waals surface area contributed by atoms with Crippen molar-refractivity contribution in [1.29, 1.82) is 0 Å². The Bertz CT molecular complexity index is 480. The maximum absolute atomic E-state index is 12.5. The van der Waals surface area contributed by atoms with Crippen LogP contribution in [0.25, 0.3) is 0 Å². The van der Waals surface area contributed by atoms with E-state index in [0.717, 1.165) is 0 Å². The van der Waals surface area contributed by atoms with Gasteiger partial charge in [-0.2, -0.15) is 48.3 Å². The minimum Gasteiger partial charge on any atom is -0.478 e. The summed E-state index contributed by atoms with van der Waals surface area (Å²) in [6.07, 6.45) is -11.3. The third kappa shape index (κ3) is 4.71. The third-order valence-corrected chi connectivity index (χ3v) is 2.43. The van der Waals surface area contributed by atoms with Gasteiger partial charge in [0.25, 0.3) is 0 Å². The highest BCUT2D eigenvalue weighted by Gasteiger charge is 2.87. The summed E-state index contributed by atoms with van der Waals surface area (Å²) in [5, 5.41) is 7.89. The largest absolute Gasteiger partial charge is 0.478 e. The Hall–Kier alpha value is -1.63. The van der Waals surface area contributed by atoms with E-state index in [2.05, 4.69) is 6.58 Å². The number of halogens is 12. The van der Waals surface area contributed by atoms with E-state index in [0.29, 0.717) is 0 Å². The summed E-state index contributed by atoms with van der Waals surface area (Å²) in [4.78, 5) is 9.60.